The van der Waals surface area contributed by atoms with Crippen molar-refractivity contribution < 1.29 is 23.8 Å². The molecule has 1 spiro atoms. The number of nitrogens with one attached hydrogen (secondary N) is 1. The first-order valence-corrected chi connectivity index (χ1v) is 16.0. The van der Waals surface area contributed by atoms with E-state index in [9.17, 15) is 9.59 Å². The molecule has 2 aliphatic heterocycles. The number of halogens is 1. The molecule has 234 valence electrons. The van der Waals surface area contributed by atoms with Gasteiger partial charge in [0.2, 0.25) is 5.91 Å². The number of hydrogen-bond acceptors (Lipinski definition) is 8. The summed E-state index contributed by atoms with van der Waals surface area (Å²) in [5, 5.41) is 3.44. The third-order valence-electron chi connectivity index (χ3n) is 9.39. The number of ether oxygens (including phenoxy) is 3. The molecule has 1 N–H and O–H groups in total. The number of imidazole rings is 1. The Labute approximate surface area is 269 Å². The number of nitrogens with zero attached hydrogens (tertiary/aromatic N) is 5. The molecule has 2 saturated heterocycles. The minimum atomic E-state index is -0.408. The average molecular weight is 676 g/mol. The van der Waals surface area contributed by atoms with Gasteiger partial charge in [-0.05, 0) is 59.3 Å². The van der Waals surface area contributed by atoms with E-state index < -0.39 is 6.09 Å². The Kier molecular flexibility index (Phi) is 7.76. The van der Waals surface area contributed by atoms with Gasteiger partial charge in [-0.15, -0.1) is 0 Å². The van der Waals surface area contributed by atoms with E-state index in [4.69, 9.17) is 19.2 Å². The van der Waals surface area contributed by atoms with Crippen LogP contribution in [0.2, 0.25) is 0 Å². The number of piperazine rings is 1. The quantitative estimate of drug-likeness (QED) is 0.265. The van der Waals surface area contributed by atoms with Crippen LogP contribution >= 0.6 is 15.9 Å². The lowest BCUT2D eigenvalue weighted by molar-refractivity contribution is -0.146. The molecule has 7 rings (SSSR count). The Morgan fingerprint density at radius 2 is 1.93 bits per heavy atom. The van der Waals surface area contributed by atoms with Gasteiger partial charge in [0, 0.05) is 43.0 Å². The second-order valence-electron chi connectivity index (χ2n) is 11.9. The number of rotatable bonds is 8. The maximum atomic E-state index is 13.5. The van der Waals surface area contributed by atoms with Crippen LogP contribution in [0, 0.1) is 0 Å². The summed E-state index contributed by atoms with van der Waals surface area (Å²) in [5.41, 5.74) is 2.38. The standard InChI is InChI=1S/C33H35BrN6O5/c1-43-24-10-8-22(25(16-24)44-2)17-36-30-28-29(34)37-31(38(28)15-14-35-30)23-9-11-26-33(12-13-33)40(19-27(41)39(26)18-23)32(42)45-20-21-6-4-3-5-7-21/h3-8,10,14-16,23,26H,9,11-13,17-20H2,1-2H3,(H,35,36). The number of aromatic nitrogens is 3. The molecule has 4 aromatic rings. The third-order valence-corrected chi connectivity index (χ3v) is 9.94. The Balaban J connectivity index is 1.07. The zero-order chi connectivity index (χ0) is 31.1. The Morgan fingerprint density at radius 1 is 1.11 bits per heavy atom. The van der Waals surface area contributed by atoms with Crippen molar-refractivity contribution in [1.82, 2.24) is 24.2 Å². The number of carbonyl (C=O) groups excluding carboxylic acids is 2. The maximum Gasteiger partial charge on any atom is 0.411 e. The Morgan fingerprint density at radius 3 is 2.69 bits per heavy atom. The third kappa shape index (κ3) is 5.34. The highest BCUT2D eigenvalue weighted by Gasteiger charge is 2.62. The number of carbonyl (C=O) groups is 2. The number of fused-ring (bicyclic) bond motifs is 3. The molecule has 2 atom stereocenters. The molecule has 11 nitrogen and oxygen atoms in total. The van der Waals surface area contributed by atoms with Crippen LogP contribution in [0.25, 0.3) is 5.52 Å². The molecule has 0 radical (unpaired) electrons. The van der Waals surface area contributed by atoms with Gasteiger partial charge < -0.3 is 24.4 Å². The van der Waals surface area contributed by atoms with Crippen LogP contribution in [0.5, 0.6) is 11.5 Å². The number of benzene rings is 2. The van der Waals surface area contributed by atoms with Crippen LogP contribution in [-0.2, 0) is 22.7 Å². The van der Waals surface area contributed by atoms with Crippen molar-refractivity contribution in [2.24, 2.45) is 0 Å². The second-order valence-corrected chi connectivity index (χ2v) is 12.6. The van der Waals surface area contributed by atoms with Gasteiger partial charge in [0.1, 0.15) is 40.6 Å². The van der Waals surface area contributed by atoms with E-state index in [0.717, 1.165) is 59.7 Å². The lowest BCUT2D eigenvalue weighted by atomic mass is 9.84. The first-order chi connectivity index (χ1) is 21.9. The van der Waals surface area contributed by atoms with Gasteiger partial charge in [0.25, 0.3) is 0 Å². The number of methoxy groups -OCH3 is 2. The van der Waals surface area contributed by atoms with E-state index >= 15 is 0 Å². The lowest BCUT2D eigenvalue weighted by Crippen LogP contribution is -2.67. The van der Waals surface area contributed by atoms with Crippen LogP contribution in [0.3, 0.4) is 0 Å². The van der Waals surface area contributed by atoms with Gasteiger partial charge in [-0.3, -0.25) is 14.1 Å². The monoisotopic (exact) mass is 674 g/mol. The first-order valence-electron chi connectivity index (χ1n) is 15.2. The summed E-state index contributed by atoms with van der Waals surface area (Å²) >= 11 is 3.68. The summed E-state index contributed by atoms with van der Waals surface area (Å²) in [6.07, 6.45) is 6.66. The molecule has 1 aliphatic carbocycles. The van der Waals surface area contributed by atoms with Crippen LogP contribution < -0.4 is 14.8 Å². The van der Waals surface area contributed by atoms with E-state index in [-0.39, 0.29) is 36.6 Å². The van der Waals surface area contributed by atoms with Crippen molar-refractivity contribution in [3.05, 3.63) is 82.5 Å². The largest absolute Gasteiger partial charge is 0.497 e. The molecule has 12 heteroatoms. The minimum Gasteiger partial charge on any atom is -0.497 e. The molecule has 1 saturated carbocycles. The number of hydrogen-bond donors (Lipinski definition) is 1. The normalized spacial score (nSPS) is 20.2. The van der Waals surface area contributed by atoms with Gasteiger partial charge in [-0.25, -0.2) is 14.8 Å². The van der Waals surface area contributed by atoms with Crippen molar-refractivity contribution in [2.75, 3.05) is 32.6 Å². The molecule has 4 heterocycles. The van der Waals surface area contributed by atoms with Gasteiger partial charge in [0.15, 0.2) is 5.82 Å². The maximum absolute atomic E-state index is 13.5. The predicted molar refractivity (Wildman–Crippen MR) is 170 cm³/mol. The summed E-state index contributed by atoms with van der Waals surface area (Å²) in [6, 6.07) is 15.3. The number of amides is 2. The van der Waals surface area contributed by atoms with Gasteiger partial charge >= 0.3 is 6.09 Å². The first kappa shape index (κ1) is 29.4. The van der Waals surface area contributed by atoms with E-state index in [2.05, 4.69) is 30.6 Å². The van der Waals surface area contributed by atoms with Gasteiger partial charge in [0.05, 0.1) is 25.8 Å². The molecular formula is C33H35BrN6O5. The van der Waals surface area contributed by atoms with E-state index in [0.29, 0.717) is 23.5 Å². The van der Waals surface area contributed by atoms with Crippen LogP contribution in [0.4, 0.5) is 10.6 Å². The molecule has 3 aliphatic rings. The number of anilines is 1. The summed E-state index contributed by atoms with van der Waals surface area (Å²) < 4.78 is 19.3. The van der Waals surface area contributed by atoms with E-state index in [1.807, 2.05) is 59.6 Å². The van der Waals surface area contributed by atoms with E-state index in [1.54, 1.807) is 25.3 Å². The van der Waals surface area contributed by atoms with Crippen molar-refractivity contribution in [1.29, 1.82) is 0 Å². The Hall–Kier alpha value is -4.32. The molecule has 3 fully saturated rings. The van der Waals surface area contributed by atoms with E-state index in [1.165, 1.54) is 0 Å². The molecular weight excluding hydrogens is 640 g/mol. The molecule has 2 aromatic carbocycles. The summed E-state index contributed by atoms with van der Waals surface area (Å²) in [7, 11) is 3.27. The fraction of sp³-hybridized carbons (Fsp3) is 0.394. The molecule has 2 amide bonds. The van der Waals surface area contributed by atoms with Gasteiger partial charge in [-0.1, -0.05) is 30.3 Å². The Bertz CT molecular complexity index is 1740. The molecule has 45 heavy (non-hydrogen) atoms. The summed E-state index contributed by atoms with van der Waals surface area (Å²) in [4.78, 5) is 40.0. The highest BCUT2D eigenvalue weighted by atomic mass is 79.9. The number of piperidine rings is 1. The van der Waals surface area contributed by atoms with Crippen LogP contribution in [0.15, 0.2) is 65.5 Å². The zero-order valence-electron chi connectivity index (χ0n) is 25.2. The topological polar surface area (TPSA) is 111 Å². The van der Waals surface area contributed by atoms with Crippen molar-refractivity contribution >= 4 is 39.3 Å². The summed E-state index contributed by atoms with van der Waals surface area (Å²) in [5.74, 6) is 3.01. The lowest BCUT2D eigenvalue weighted by Gasteiger charge is -2.51. The molecule has 0 bridgehead atoms. The van der Waals surface area contributed by atoms with Crippen molar-refractivity contribution in [2.45, 2.75) is 56.3 Å². The van der Waals surface area contributed by atoms with Gasteiger partial charge in [-0.2, -0.15) is 0 Å². The highest BCUT2D eigenvalue weighted by molar-refractivity contribution is 9.10. The van der Waals surface area contributed by atoms with Crippen molar-refractivity contribution in [3.8, 4) is 11.5 Å². The minimum absolute atomic E-state index is 0.0210. The average Bonchev–Trinajstić information content (AvgIpc) is 3.80. The van der Waals surface area contributed by atoms with Crippen molar-refractivity contribution in [3.63, 3.8) is 0 Å². The fourth-order valence-corrected chi connectivity index (χ4v) is 7.53. The van der Waals surface area contributed by atoms with Crippen LogP contribution in [0.1, 0.15) is 48.6 Å². The predicted octanol–water partition coefficient (Wildman–Crippen LogP) is 5.38. The smallest absolute Gasteiger partial charge is 0.411 e. The zero-order valence-corrected chi connectivity index (χ0v) is 26.8. The second kappa shape index (κ2) is 11.9. The fourth-order valence-electron chi connectivity index (χ4n) is 6.97. The van der Waals surface area contributed by atoms with Crippen LogP contribution in [-0.4, -0.2) is 75.1 Å². The highest BCUT2D eigenvalue weighted by Crippen LogP contribution is 2.52. The molecule has 2 unspecified atom stereocenters. The SMILES string of the molecule is COc1ccc(CNc2nccn3c(C4CCC5N(C4)C(=O)CN(C(=O)OCc4ccccc4)C54CC4)nc(Br)c23)c(OC)c1. The molecule has 2 aromatic heterocycles. The summed E-state index contributed by atoms with van der Waals surface area (Å²) in [6.45, 7) is 1.28.